The van der Waals surface area contributed by atoms with Crippen LogP contribution in [-0.2, 0) is 20.8 Å². The third kappa shape index (κ3) is 5.65. The molecule has 0 saturated carbocycles. The van der Waals surface area contributed by atoms with Crippen LogP contribution in [0.4, 0.5) is 0 Å². The molecule has 1 aliphatic rings. The van der Waals surface area contributed by atoms with Crippen molar-refractivity contribution < 1.29 is 24.2 Å². The van der Waals surface area contributed by atoms with Gasteiger partial charge in [-0.3, -0.25) is 4.79 Å². The standard InChI is InChI=1S/C17H23NO5/c1-18(12-13-2-4-14(5-3-13)17(20)21)16(19)8-11-23-15-6-9-22-10-7-15/h2-5,15H,6-12H2,1H3,(H,20,21). The van der Waals surface area contributed by atoms with Crippen molar-refractivity contribution in [3.8, 4) is 0 Å². The summed E-state index contributed by atoms with van der Waals surface area (Å²) >= 11 is 0. The van der Waals surface area contributed by atoms with Crippen molar-refractivity contribution in [3.05, 3.63) is 35.4 Å². The van der Waals surface area contributed by atoms with Crippen molar-refractivity contribution >= 4 is 11.9 Å². The Bertz CT molecular complexity index is 522. The molecule has 1 aromatic rings. The number of hydrogen-bond acceptors (Lipinski definition) is 4. The second kappa shape index (κ2) is 8.64. The number of carboxylic acid groups (broad SMARTS) is 1. The van der Waals surface area contributed by atoms with Crippen molar-refractivity contribution in [1.29, 1.82) is 0 Å². The molecular weight excluding hydrogens is 298 g/mol. The predicted octanol–water partition coefficient (Wildman–Crippen LogP) is 1.93. The molecule has 0 aromatic heterocycles. The van der Waals surface area contributed by atoms with E-state index in [2.05, 4.69) is 0 Å². The van der Waals surface area contributed by atoms with Gasteiger partial charge in [-0.15, -0.1) is 0 Å². The molecular formula is C17H23NO5. The van der Waals surface area contributed by atoms with Gasteiger partial charge in [0.05, 0.1) is 24.7 Å². The number of amides is 1. The molecule has 2 rings (SSSR count). The second-order valence-corrected chi connectivity index (χ2v) is 5.68. The molecule has 0 atom stereocenters. The molecule has 0 bridgehead atoms. The van der Waals surface area contributed by atoms with E-state index >= 15 is 0 Å². The number of ether oxygens (including phenoxy) is 2. The monoisotopic (exact) mass is 321 g/mol. The molecule has 126 valence electrons. The summed E-state index contributed by atoms with van der Waals surface area (Å²) in [5.74, 6) is -0.939. The molecule has 1 saturated heterocycles. The van der Waals surface area contributed by atoms with Gasteiger partial charge in [0, 0.05) is 26.8 Å². The SMILES string of the molecule is CN(Cc1ccc(C(=O)O)cc1)C(=O)CCOC1CCOCC1. The van der Waals surface area contributed by atoms with Gasteiger partial charge in [0.15, 0.2) is 0 Å². The molecule has 1 amide bonds. The van der Waals surface area contributed by atoms with Gasteiger partial charge < -0.3 is 19.5 Å². The first kappa shape index (κ1) is 17.4. The minimum atomic E-state index is -0.953. The summed E-state index contributed by atoms with van der Waals surface area (Å²) < 4.78 is 11.0. The van der Waals surface area contributed by atoms with Crippen LogP contribution in [0, 0.1) is 0 Å². The highest BCUT2D eigenvalue weighted by molar-refractivity contribution is 5.87. The first-order valence-corrected chi connectivity index (χ1v) is 7.82. The molecule has 0 aliphatic carbocycles. The maximum Gasteiger partial charge on any atom is 0.335 e. The van der Waals surface area contributed by atoms with Crippen LogP contribution in [-0.4, -0.2) is 54.9 Å². The van der Waals surface area contributed by atoms with Crippen molar-refractivity contribution in [2.24, 2.45) is 0 Å². The zero-order valence-corrected chi connectivity index (χ0v) is 13.4. The number of aromatic carboxylic acids is 1. The topological polar surface area (TPSA) is 76.1 Å². The van der Waals surface area contributed by atoms with Crippen LogP contribution in [0.2, 0.25) is 0 Å². The van der Waals surface area contributed by atoms with E-state index < -0.39 is 5.97 Å². The Morgan fingerprint density at radius 3 is 2.52 bits per heavy atom. The van der Waals surface area contributed by atoms with E-state index in [1.165, 1.54) is 0 Å². The number of hydrogen-bond donors (Lipinski definition) is 1. The van der Waals surface area contributed by atoms with Gasteiger partial charge >= 0.3 is 5.97 Å². The average Bonchev–Trinajstić information content (AvgIpc) is 2.56. The van der Waals surface area contributed by atoms with E-state index in [1.54, 1.807) is 36.2 Å². The summed E-state index contributed by atoms with van der Waals surface area (Å²) in [6.45, 7) is 2.33. The van der Waals surface area contributed by atoms with Gasteiger partial charge in [0.2, 0.25) is 5.91 Å². The third-order valence-electron chi connectivity index (χ3n) is 3.88. The summed E-state index contributed by atoms with van der Waals surface area (Å²) in [7, 11) is 1.74. The molecule has 23 heavy (non-hydrogen) atoms. The predicted molar refractivity (Wildman–Crippen MR) is 84.3 cm³/mol. The summed E-state index contributed by atoms with van der Waals surface area (Å²) in [5.41, 5.74) is 1.14. The number of rotatable bonds is 7. The smallest absolute Gasteiger partial charge is 0.335 e. The fraction of sp³-hybridized carbons (Fsp3) is 0.529. The molecule has 0 unspecified atom stereocenters. The zero-order chi connectivity index (χ0) is 16.7. The van der Waals surface area contributed by atoms with Crippen molar-refractivity contribution in [1.82, 2.24) is 4.90 Å². The lowest BCUT2D eigenvalue weighted by molar-refractivity contribution is -0.132. The van der Waals surface area contributed by atoms with Gasteiger partial charge in [0.1, 0.15) is 0 Å². The van der Waals surface area contributed by atoms with Crippen molar-refractivity contribution in [2.45, 2.75) is 31.9 Å². The highest BCUT2D eigenvalue weighted by Gasteiger charge is 2.15. The fourth-order valence-corrected chi connectivity index (χ4v) is 2.46. The van der Waals surface area contributed by atoms with E-state index in [4.69, 9.17) is 14.6 Å². The Morgan fingerprint density at radius 1 is 1.26 bits per heavy atom. The maximum atomic E-state index is 12.1. The zero-order valence-electron chi connectivity index (χ0n) is 13.4. The van der Waals surface area contributed by atoms with Crippen LogP contribution in [0.25, 0.3) is 0 Å². The average molecular weight is 321 g/mol. The van der Waals surface area contributed by atoms with Crippen molar-refractivity contribution in [2.75, 3.05) is 26.9 Å². The van der Waals surface area contributed by atoms with E-state index in [-0.39, 0.29) is 17.6 Å². The molecule has 6 heteroatoms. The largest absolute Gasteiger partial charge is 0.478 e. The van der Waals surface area contributed by atoms with Crippen LogP contribution >= 0.6 is 0 Å². The van der Waals surface area contributed by atoms with Gasteiger partial charge in [-0.2, -0.15) is 0 Å². The number of carbonyl (C=O) groups excluding carboxylic acids is 1. The molecule has 0 radical (unpaired) electrons. The molecule has 1 heterocycles. The summed E-state index contributed by atoms with van der Waals surface area (Å²) in [5, 5.41) is 8.86. The fourth-order valence-electron chi connectivity index (χ4n) is 2.46. The van der Waals surface area contributed by atoms with Gasteiger partial charge in [-0.25, -0.2) is 4.79 Å². The first-order chi connectivity index (χ1) is 11.1. The lowest BCUT2D eigenvalue weighted by Gasteiger charge is -2.23. The van der Waals surface area contributed by atoms with Gasteiger partial charge in [-0.05, 0) is 30.5 Å². The number of carbonyl (C=O) groups is 2. The highest BCUT2D eigenvalue weighted by atomic mass is 16.5. The summed E-state index contributed by atoms with van der Waals surface area (Å²) in [6.07, 6.45) is 2.33. The van der Waals surface area contributed by atoms with E-state index in [0.29, 0.717) is 19.6 Å². The quantitative estimate of drug-likeness (QED) is 0.830. The van der Waals surface area contributed by atoms with Crippen LogP contribution in [0.15, 0.2) is 24.3 Å². The highest BCUT2D eigenvalue weighted by Crippen LogP contribution is 2.12. The lowest BCUT2D eigenvalue weighted by Crippen LogP contribution is -2.29. The third-order valence-corrected chi connectivity index (χ3v) is 3.88. The summed E-state index contributed by atoms with van der Waals surface area (Å²) in [4.78, 5) is 24.5. The second-order valence-electron chi connectivity index (χ2n) is 5.68. The number of nitrogens with zero attached hydrogens (tertiary/aromatic N) is 1. The Balaban J connectivity index is 1.72. The van der Waals surface area contributed by atoms with Gasteiger partial charge in [-0.1, -0.05) is 12.1 Å². The molecule has 1 N–H and O–H groups in total. The molecule has 1 fully saturated rings. The van der Waals surface area contributed by atoms with Crippen LogP contribution in [0.5, 0.6) is 0 Å². The minimum absolute atomic E-state index is 0.0133. The Kier molecular flexibility index (Phi) is 6.55. The van der Waals surface area contributed by atoms with Crippen LogP contribution in [0.3, 0.4) is 0 Å². The molecule has 1 aromatic carbocycles. The Hall–Kier alpha value is -1.92. The Labute approximate surface area is 136 Å². The van der Waals surface area contributed by atoms with E-state index in [9.17, 15) is 9.59 Å². The maximum absolute atomic E-state index is 12.1. The van der Waals surface area contributed by atoms with Crippen LogP contribution < -0.4 is 0 Å². The van der Waals surface area contributed by atoms with Crippen LogP contribution in [0.1, 0.15) is 35.2 Å². The van der Waals surface area contributed by atoms with Gasteiger partial charge in [0.25, 0.3) is 0 Å². The van der Waals surface area contributed by atoms with E-state index in [0.717, 1.165) is 31.6 Å². The molecule has 1 aliphatic heterocycles. The number of carboxylic acids is 1. The Morgan fingerprint density at radius 2 is 1.91 bits per heavy atom. The van der Waals surface area contributed by atoms with E-state index in [1.807, 2.05) is 0 Å². The minimum Gasteiger partial charge on any atom is -0.478 e. The molecule has 6 nitrogen and oxygen atoms in total. The lowest BCUT2D eigenvalue weighted by atomic mass is 10.1. The summed E-state index contributed by atoms with van der Waals surface area (Å²) in [6, 6.07) is 6.55. The number of benzene rings is 1. The molecule has 0 spiro atoms. The normalized spacial score (nSPS) is 15.3. The van der Waals surface area contributed by atoms with Crippen molar-refractivity contribution in [3.63, 3.8) is 0 Å². The first-order valence-electron chi connectivity index (χ1n) is 7.82.